The Hall–Kier alpha value is -2.25. The molecule has 0 N–H and O–H groups in total. The van der Waals surface area contributed by atoms with Gasteiger partial charge in [-0.1, -0.05) is 0 Å². The van der Waals surface area contributed by atoms with E-state index in [1.54, 1.807) is 17.5 Å². The molecule has 0 spiro atoms. The van der Waals surface area contributed by atoms with Gasteiger partial charge < -0.3 is 9.30 Å². The summed E-state index contributed by atoms with van der Waals surface area (Å²) in [7, 11) is 0. The van der Waals surface area contributed by atoms with Gasteiger partial charge in [0.15, 0.2) is 0 Å². The van der Waals surface area contributed by atoms with Crippen molar-refractivity contribution in [1.82, 2.24) is 24.2 Å². The minimum absolute atomic E-state index is 0.0716. The predicted octanol–water partition coefficient (Wildman–Crippen LogP) is 2.14. The van der Waals surface area contributed by atoms with Crippen molar-refractivity contribution >= 4 is 22.9 Å². The Balaban J connectivity index is 1.47. The minimum Gasteiger partial charge on any atom is -0.337 e. The van der Waals surface area contributed by atoms with Crippen molar-refractivity contribution in [3.05, 3.63) is 52.9 Å². The summed E-state index contributed by atoms with van der Waals surface area (Å²) in [5, 5.41) is 2.09. The Kier molecular flexibility index (Phi) is 4.27. The van der Waals surface area contributed by atoms with E-state index in [1.807, 2.05) is 39.3 Å². The fraction of sp³-hybridized carbons (Fsp3) is 0.353. The molecule has 0 bridgehead atoms. The van der Waals surface area contributed by atoms with E-state index in [0.29, 0.717) is 5.56 Å². The van der Waals surface area contributed by atoms with Gasteiger partial charge in [-0.25, -0.2) is 9.97 Å². The highest BCUT2D eigenvalue weighted by Crippen LogP contribution is 2.15. The highest BCUT2D eigenvalue weighted by Gasteiger charge is 2.22. The van der Waals surface area contributed by atoms with Crippen molar-refractivity contribution < 1.29 is 4.79 Å². The Morgan fingerprint density at radius 1 is 1.17 bits per heavy atom. The van der Waals surface area contributed by atoms with E-state index in [-0.39, 0.29) is 5.91 Å². The quantitative estimate of drug-likeness (QED) is 0.732. The number of rotatable bonds is 3. The third-order valence-corrected chi connectivity index (χ3v) is 5.03. The number of amides is 1. The molecule has 1 fully saturated rings. The molecule has 6 nitrogen and oxygen atoms in total. The van der Waals surface area contributed by atoms with Crippen molar-refractivity contribution in [2.45, 2.75) is 13.0 Å². The molecular formula is C17H19N5OS. The van der Waals surface area contributed by atoms with E-state index < -0.39 is 0 Å². The number of carbonyl (C=O) groups excluding carboxylic acids is 1. The van der Waals surface area contributed by atoms with Crippen molar-refractivity contribution in [3.63, 3.8) is 0 Å². The van der Waals surface area contributed by atoms with Crippen molar-refractivity contribution in [2.24, 2.45) is 0 Å². The van der Waals surface area contributed by atoms with Crippen LogP contribution in [-0.4, -0.2) is 56.3 Å². The number of aromatic nitrogens is 3. The van der Waals surface area contributed by atoms with Gasteiger partial charge in [0.05, 0.1) is 16.8 Å². The molecule has 1 aliphatic rings. The van der Waals surface area contributed by atoms with Gasteiger partial charge in [0.1, 0.15) is 5.65 Å². The SMILES string of the molecule is O=C(c1cccn2ccnc12)N1CCCN(Cc2cscn2)CC1. The van der Waals surface area contributed by atoms with Crippen LogP contribution in [0.25, 0.3) is 5.65 Å². The van der Waals surface area contributed by atoms with E-state index in [1.165, 1.54) is 0 Å². The van der Waals surface area contributed by atoms with Gasteiger partial charge in [0.25, 0.3) is 5.91 Å². The highest BCUT2D eigenvalue weighted by molar-refractivity contribution is 7.07. The molecule has 1 aliphatic heterocycles. The monoisotopic (exact) mass is 341 g/mol. The fourth-order valence-corrected chi connectivity index (χ4v) is 3.71. The first kappa shape index (κ1) is 15.3. The van der Waals surface area contributed by atoms with Crippen LogP contribution >= 0.6 is 11.3 Å². The van der Waals surface area contributed by atoms with Gasteiger partial charge >= 0.3 is 0 Å². The summed E-state index contributed by atoms with van der Waals surface area (Å²) in [5.74, 6) is 0.0716. The van der Waals surface area contributed by atoms with Crippen LogP contribution in [-0.2, 0) is 6.54 Å². The highest BCUT2D eigenvalue weighted by atomic mass is 32.1. The van der Waals surface area contributed by atoms with Crippen LogP contribution < -0.4 is 0 Å². The van der Waals surface area contributed by atoms with E-state index >= 15 is 0 Å². The average Bonchev–Trinajstić information content (AvgIpc) is 3.22. The van der Waals surface area contributed by atoms with Crippen LogP contribution in [0.3, 0.4) is 0 Å². The van der Waals surface area contributed by atoms with E-state index in [9.17, 15) is 4.79 Å². The molecule has 4 heterocycles. The number of hydrogen-bond donors (Lipinski definition) is 0. The molecule has 4 rings (SSSR count). The molecule has 0 atom stereocenters. The molecule has 0 aliphatic carbocycles. The maximum atomic E-state index is 12.9. The van der Waals surface area contributed by atoms with E-state index in [4.69, 9.17) is 0 Å². The van der Waals surface area contributed by atoms with Gasteiger partial charge in [-0.05, 0) is 18.6 Å². The fourth-order valence-electron chi connectivity index (χ4n) is 3.16. The molecule has 3 aromatic heterocycles. The van der Waals surface area contributed by atoms with Gasteiger partial charge in [-0.2, -0.15) is 0 Å². The number of pyridine rings is 1. The molecule has 3 aromatic rings. The largest absolute Gasteiger partial charge is 0.337 e. The van der Waals surface area contributed by atoms with Gasteiger partial charge in [-0.3, -0.25) is 9.69 Å². The first-order valence-electron chi connectivity index (χ1n) is 8.11. The second-order valence-electron chi connectivity index (χ2n) is 5.98. The zero-order chi connectivity index (χ0) is 16.4. The molecule has 24 heavy (non-hydrogen) atoms. The predicted molar refractivity (Wildman–Crippen MR) is 93.1 cm³/mol. The molecular weight excluding hydrogens is 322 g/mol. The van der Waals surface area contributed by atoms with Gasteiger partial charge in [0, 0.05) is 56.7 Å². The van der Waals surface area contributed by atoms with E-state index in [2.05, 4.69) is 20.2 Å². The molecule has 0 saturated carbocycles. The summed E-state index contributed by atoms with van der Waals surface area (Å²) in [4.78, 5) is 25.9. The summed E-state index contributed by atoms with van der Waals surface area (Å²) in [6.45, 7) is 4.26. The number of nitrogens with zero attached hydrogens (tertiary/aromatic N) is 5. The third kappa shape index (κ3) is 3.05. The Morgan fingerprint density at radius 3 is 3.00 bits per heavy atom. The lowest BCUT2D eigenvalue weighted by molar-refractivity contribution is 0.0762. The number of fused-ring (bicyclic) bond motifs is 1. The zero-order valence-corrected chi connectivity index (χ0v) is 14.2. The van der Waals surface area contributed by atoms with Gasteiger partial charge in [0.2, 0.25) is 0 Å². The summed E-state index contributed by atoms with van der Waals surface area (Å²) < 4.78 is 1.89. The first-order valence-corrected chi connectivity index (χ1v) is 9.06. The Morgan fingerprint density at radius 2 is 2.12 bits per heavy atom. The molecule has 1 saturated heterocycles. The van der Waals surface area contributed by atoms with Crippen LogP contribution in [0.1, 0.15) is 22.5 Å². The summed E-state index contributed by atoms with van der Waals surface area (Å²) in [6.07, 6.45) is 6.48. The maximum absolute atomic E-state index is 12.9. The van der Waals surface area contributed by atoms with Crippen LogP contribution in [0.5, 0.6) is 0 Å². The molecule has 0 aromatic carbocycles. The Labute approximate surface area is 144 Å². The summed E-state index contributed by atoms with van der Waals surface area (Å²) >= 11 is 1.63. The average molecular weight is 341 g/mol. The van der Waals surface area contributed by atoms with E-state index in [0.717, 1.165) is 50.5 Å². The smallest absolute Gasteiger partial charge is 0.257 e. The number of imidazole rings is 1. The molecule has 0 unspecified atom stereocenters. The molecule has 1 amide bonds. The topological polar surface area (TPSA) is 53.7 Å². The second kappa shape index (κ2) is 6.70. The lowest BCUT2D eigenvalue weighted by atomic mass is 10.2. The molecule has 0 radical (unpaired) electrons. The third-order valence-electron chi connectivity index (χ3n) is 4.39. The molecule has 7 heteroatoms. The van der Waals surface area contributed by atoms with Crippen LogP contribution in [0.2, 0.25) is 0 Å². The number of hydrogen-bond acceptors (Lipinski definition) is 5. The Bertz CT molecular complexity index is 829. The number of thiazole rings is 1. The summed E-state index contributed by atoms with van der Waals surface area (Å²) in [5.41, 5.74) is 4.39. The van der Waals surface area contributed by atoms with Crippen LogP contribution in [0.15, 0.2) is 41.6 Å². The summed E-state index contributed by atoms with van der Waals surface area (Å²) in [6, 6.07) is 3.76. The first-order chi connectivity index (χ1) is 11.8. The van der Waals surface area contributed by atoms with Gasteiger partial charge in [-0.15, -0.1) is 11.3 Å². The van der Waals surface area contributed by atoms with Crippen LogP contribution in [0.4, 0.5) is 0 Å². The van der Waals surface area contributed by atoms with Crippen LogP contribution in [0, 0.1) is 0 Å². The zero-order valence-electron chi connectivity index (χ0n) is 13.3. The second-order valence-corrected chi connectivity index (χ2v) is 6.70. The maximum Gasteiger partial charge on any atom is 0.257 e. The lowest BCUT2D eigenvalue weighted by Crippen LogP contribution is -2.35. The van der Waals surface area contributed by atoms with Crippen molar-refractivity contribution in [3.8, 4) is 0 Å². The standard InChI is InChI=1S/C17H19N5OS/c23-17(15-3-1-6-21-8-4-18-16(15)21)22-7-2-5-20(9-10-22)11-14-12-24-13-19-14/h1,3-4,6,8,12-13H,2,5,7,9-11H2. The number of carbonyl (C=O) groups is 1. The normalized spacial score (nSPS) is 16.4. The van der Waals surface area contributed by atoms with Crippen molar-refractivity contribution in [2.75, 3.05) is 26.2 Å². The minimum atomic E-state index is 0.0716. The lowest BCUT2D eigenvalue weighted by Gasteiger charge is -2.21. The molecule has 124 valence electrons. The van der Waals surface area contributed by atoms with Crippen molar-refractivity contribution in [1.29, 1.82) is 0 Å².